The van der Waals surface area contributed by atoms with Crippen molar-refractivity contribution in [2.75, 3.05) is 0 Å². The highest BCUT2D eigenvalue weighted by Crippen LogP contribution is 2.38. The standard InChI is InChI=1S/C14H13ClN2O3/c1-9-4-2-7-12(13(9)17(18)19)20-14-10(8-16)5-3-6-11(14)15/h2-7H,8,16H2,1H3. The molecule has 0 aliphatic carbocycles. The molecular formula is C14H13ClN2O3. The van der Waals surface area contributed by atoms with E-state index < -0.39 is 4.92 Å². The van der Waals surface area contributed by atoms with Crippen LogP contribution in [0.1, 0.15) is 11.1 Å². The highest BCUT2D eigenvalue weighted by Gasteiger charge is 2.20. The Hall–Kier alpha value is -2.11. The van der Waals surface area contributed by atoms with Crippen LogP contribution in [0.4, 0.5) is 5.69 Å². The van der Waals surface area contributed by atoms with Crippen LogP contribution in [-0.4, -0.2) is 4.92 Å². The van der Waals surface area contributed by atoms with Crippen molar-refractivity contribution in [3.63, 3.8) is 0 Å². The molecule has 0 aliphatic rings. The van der Waals surface area contributed by atoms with Gasteiger partial charge in [0.2, 0.25) is 5.75 Å². The zero-order chi connectivity index (χ0) is 14.7. The van der Waals surface area contributed by atoms with Gasteiger partial charge < -0.3 is 10.5 Å². The predicted octanol–water partition coefficient (Wildman–Crippen LogP) is 3.81. The quantitative estimate of drug-likeness (QED) is 0.686. The van der Waals surface area contributed by atoms with Gasteiger partial charge in [-0.2, -0.15) is 0 Å². The normalized spacial score (nSPS) is 10.3. The number of ether oxygens (including phenoxy) is 1. The maximum Gasteiger partial charge on any atom is 0.314 e. The van der Waals surface area contributed by atoms with Crippen LogP contribution >= 0.6 is 11.6 Å². The molecular weight excluding hydrogens is 280 g/mol. The molecule has 2 aromatic carbocycles. The second-order valence-electron chi connectivity index (χ2n) is 4.21. The number of hydrogen-bond donors (Lipinski definition) is 1. The number of aryl methyl sites for hydroxylation is 1. The second-order valence-corrected chi connectivity index (χ2v) is 4.62. The number of nitro groups is 1. The van der Waals surface area contributed by atoms with Crippen LogP contribution in [0.15, 0.2) is 36.4 Å². The SMILES string of the molecule is Cc1cccc(Oc2c(Cl)cccc2CN)c1[N+](=O)[O-]. The first-order valence-electron chi connectivity index (χ1n) is 5.94. The number of benzene rings is 2. The molecule has 104 valence electrons. The van der Waals surface area contributed by atoms with Crippen LogP contribution in [0, 0.1) is 17.0 Å². The first-order valence-corrected chi connectivity index (χ1v) is 6.31. The third-order valence-corrected chi connectivity index (χ3v) is 3.16. The first kappa shape index (κ1) is 14.3. The fourth-order valence-corrected chi connectivity index (χ4v) is 2.12. The molecule has 0 heterocycles. The minimum absolute atomic E-state index is 0.0737. The number of halogens is 1. The van der Waals surface area contributed by atoms with E-state index in [1.807, 2.05) is 0 Å². The van der Waals surface area contributed by atoms with Gasteiger partial charge in [0.15, 0.2) is 5.75 Å². The zero-order valence-electron chi connectivity index (χ0n) is 10.8. The van der Waals surface area contributed by atoms with E-state index in [-0.39, 0.29) is 18.0 Å². The number of nitrogens with two attached hydrogens (primary N) is 1. The van der Waals surface area contributed by atoms with Crippen LogP contribution < -0.4 is 10.5 Å². The maximum atomic E-state index is 11.1. The van der Waals surface area contributed by atoms with Gasteiger partial charge in [-0.05, 0) is 19.1 Å². The Morgan fingerprint density at radius 1 is 1.30 bits per heavy atom. The molecule has 6 heteroatoms. The van der Waals surface area contributed by atoms with Crippen LogP contribution in [0.2, 0.25) is 5.02 Å². The predicted molar refractivity (Wildman–Crippen MR) is 77.3 cm³/mol. The molecule has 20 heavy (non-hydrogen) atoms. The number of hydrogen-bond acceptors (Lipinski definition) is 4. The van der Waals surface area contributed by atoms with Gasteiger partial charge in [-0.1, -0.05) is 35.9 Å². The van der Waals surface area contributed by atoms with Crippen LogP contribution in [0.25, 0.3) is 0 Å². The maximum absolute atomic E-state index is 11.1. The monoisotopic (exact) mass is 292 g/mol. The van der Waals surface area contributed by atoms with Crippen molar-refractivity contribution in [1.29, 1.82) is 0 Å². The number of rotatable bonds is 4. The first-order chi connectivity index (χ1) is 9.54. The molecule has 0 radical (unpaired) electrons. The Balaban J connectivity index is 2.51. The summed E-state index contributed by atoms with van der Waals surface area (Å²) in [5, 5.41) is 11.5. The smallest absolute Gasteiger partial charge is 0.314 e. The van der Waals surface area contributed by atoms with Crippen molar-refractivity contribution in [3.8, 4) is 11.5 Å². The summed E-state index contributed by atoms with van der Waals surface area (Å²) in [6.45, 7) is 1.89. The number of para-hydroxylation sites is 2. The third kappa shape index (κ3) is 2.74. The van der Waals surface area contributed by atoms with Crippen LogP contribution in [0.5, 0.6) is 11.5 Å². The average Bonchev–Trinajstić information content (AvgIpc) is 2.40. The van der Waals surface area contributed by atoms with Gasteiger partial charge in [-0.25, -0.2) is 0 Å². The van der Waals surface area contributed by atoms with E-state index in [9.17, 15) is 10.1 Å². The van der Waals surface area contributed by atoms with Gasteiger partial charge in [0.05, 0.1) is 9.95 Å². The lowest BCUT2D eigenvalue weighted by Crippen LogP contribution is -2.01. The van der Waals surface area contributed by atoms with Crippen molar-refractivity contribution in [2.24, 2.45) is 5.73 Å². The Bertz CT molecular complexity index is 659. The van der Waals surface area contributed by atoms with E-state index in [1.54, 1.807) is 37.3 Å². The van der Waals surface area contributed by atoms with E-state index >= 15 is 0 Å². The van der Waals surface area contributed by atoms with E-state index in [4.69, 9.17) is 22.1 Å². The van der Waals surface area contributed by atoms with Gasteiger partial charge in [-0.3, -0.25) is 10.1 Å². The summed E-state index contributed by atoms with van der Waals surface area (Å²) < 4.78 is 5.65. The molecule has 0 saturated heterocycles. The summed E-state index contributed by atoms with van der Waals surface area (Å²) in [7, 11) is 0. The van der Waals surface area contributed by atoms with Crippen molar-refractivity contribution < 1.29 is 9.66 Å². The Morgan fingerprint density at radius 3 is 2.65 bits per heavy atom. The van der Waals surface area contributed by atoms with E-state index in [0.717, 1.165) is 0 Å². The van der Waals surface area contributed by atoms with E-state index in [0.29, 0.717) is 21.9 Å². The molecule has 0 saturated carbocycles. The molecule has 2 N–H and O–H groups in total. The van der Waals surface area contributed by atoms with Gasteiger partial charge in [-0.15, -0.1) is 0 Å². The summed E-state index contributed by atoms with van der Waals surface area (Å²) in [6.07, 6.45) is 0. The molecule has 0 unspecified atom stereocenters. The Labute approximate surface area is 121 Å². The molecule has 0 aromatic heterocycles. The summed E-state index contributed by atoms with van der Waals surface area (Å²) >= 11 is 6.08. The summed E-state index contributed by atoms with van der Waals surface area (Å²) in [5.74, 6) is 0.503. The topological polar surface area (TPSA) is 78.4 Å². The Morgan fingerprint density at radius 2 is 2.00 bits per heavy atom. The van der Waals surface area contributed by atoms with Gasteiger partial charge >= 0.3 is 5.69 Å². The zero-order valence-corrected chi connectivity index (χ0v) is 11.6. The van der Waals surface area contributed by atoms with Crippen LogP contribution in [0.3, 0.4) is 0 Å². The molecule has 2 rings (SSSR count). The largest absolute Gasteiger partial charge is 0.448 e. The molecule has 2 aromatic rings. The summed E-state index contributed by atoms with van der Waals surface area (Å²) in [5.41, 5.74) is 6.77. The molecule has 0 bridgehead atoms. The lowest BCUT2D eigenvalue weighted by Gasteiger charge is -2.12. The van der Waals surface area contributed by atoms with Crippen LogP contribution in [-0.2, 0) is 6.54 Å². The minimum atomic E-state index is -0.469. The van der Waals surface area contributed by atoms with Crippen molar-refractivity contribution in [3.05, 3.63) is 62.7 Å². The lowest BCUT2D eigenvalue weighted by atomic mass is 10.1. The van der Waals surface area contributed by atoms with Crippen molar-refractivity contribution >= 4 is 17.3 Å². The minimum Gasteiger partial charge on any atom is -0.448 e. The highest BCUT2D eigenvalue weighted by molar-refractivity contribution is 6.32. The lowest BCUT2D eigenvalue weighted by molar-refractivity contribution is -0.386. The third-order valence-electron chi connectivity index (χ3n) is 2.86. The molecule has 0 spiro atoms. The van der Waals surface area contributed by atoms with Gasteiger partial charge in [0.25, 0.3) is 0 Å². The fourth-order valence-electron chi connectivity index (χ4n) is 1.89. The van der Waals surface area contributed by atoms with E-state index in [2.05, 4.69) is 0 Å². The highest BCUT2D eigenvalue weighted by atomic mass is 35.5. The molecule has 0 amide bonds. The van der Waals surface area contributed by atoms with E-state index in [1.165, 1.54) is 6.07 Å². The summed E-state index contributed by atoms with van der Waals surface area (Å²) in [6, 6.07) is 10.1. The van der Waals surface area contributed by atoms with Gasteiger partial charge in [0, 0.05) is 17.7 Å². The molecule has 0 atom stereocenters. The number of nitro benzene ring substituents is 1. The molecule has 0 fully saturated rings. The van der Waals surface area contributed by atoms with Crippen molar-refractivity contribution in [2.45, 2.75) is 13.5 Å². The molecule has 5 nitrogen and oxygen atoms in total. The Kier molecular flexibility index (Phi) is 4.22. The average molecular weight is 293 g/mol. The van der Waals surface area contributed by atoms with Gasteiger partial charge in [0.1, 0.15) is 0 Å². The van der Waals surface area contributed by atoms with Crippen molar-refractivity contribution in [1.82, 2.24) is 0 Å². The number of nitrogens with zero attached hydrogens (tertiary/aromatic N) is 1. The fraction of sp³-hybridized carbons (Fsp3) is 0.143. The second kappa shape index (κ2) is 5.90. The molecule has 0 aliphatic heterocycles. The summed E-state index contributed by atoms with van der Waals surface area (Å²) in [4.78, 5) is 10.7.